The molecule has 0 fully saturated rings. The quantitative estimate of drug-likeness (QED) is 0.401. The number of hydrogen-bond donors (Lipinski definition) is 2. The molecule has 2 unspecified atom stereocenters. The molecule has 4 rings (SSSR count). The van der Waals surface area contributed by atoms with Gasteiger partial charge in [0.2, 0.25) is 0 Å². The van der Waals surface area contributed by atoms with Crippen LogP contribution in [0.2, 0.25) is 0 Å². The number of fused-ring (bicyclic) bond motifs is 1. The van der Waals surface area contributed by atoms with Crippen LogP contribution in [0.5, 0.6) is 11.5 Å². The van der Waals surface area contributed by atoms with Crippen molar-refractivity contribution >= 4 is 5.97 Å². The van der Waals surface area contributed by atoms with Crippen LogP contribution >= 0.6 is 0 Å². The molecule has 3 aromatic carbocycles. The lowest BCUT2D eigenvalue weighted by Crippen LogP contribution is -2.41. The minimum Gasteiger partial charge on any atom is -0.507 e. The van der Waals surface area contributed by atoms with E-state index in [1.807, 2.05) is 58.0 Å². The number of carboxylic acids is 1. The molecule has 184 valence electrons. The third-order valence-corrected chi connectivity index (χ3v) is 7.91. The Morgan fingerprint density at radius 2 is 1.77 bits per heavy atom. The average Bonchev–Trinajstić information content (AvgIpc) is 2.85. The Morgan fingerprint density at radius 3 is 2.40 bits per heavy atom. The Kier molecular flexibility index (Phi) is 6.39. The smallest absolute Gasteiger partial charge is 0.313 e. The van der Waals surface area contributed by atoms with Crippen LogP contribution in [0.3, 0.4) is 0 Å². The molecule has 0 amide bonds. The molecule has 0 spiro atoms. The maximum atomic E-state index is 15.1. The van der Waals surface area contributed by atoms with Crippen LogP contribution in [0.25, 0.3) is 11.1 Å². The third-order valence-electron chi connectivity index (χ3n) is 7.91. The van der Waals surface area contributed by atoms with E-state index in [-0.39, 0.29) is 0 Å². The first-order chi connectivity index (χ1) is 16.5. The van der Waals surface area contributed by atoms with Crippen LogP contribution in [-0.4, -0.2) is 21.8 Å². The first kappa shape index (κ1) is 24.8. The van der Waals surface area contributed by atoms with Gasteiger partial charge in [0.15, 0.2) is 0 Å². The van der Waals surface area contributed by atoms with Gasteiger partial charge in [-0.3, -0.25) is 4.79 Å². The number of phenolic OH excluding ortho intramolecular Hbond substituents is 1. The molecule has 0 aliphatic carbocycles. The van der Waals surface area contributed by atoms with E-state index in [0.29, 0.717) is 36.1 Å². The summed E-state index contributed by atoms with van der Waals surface area (Å²) in [6.07, 6.45) is 2.25. The summed E-state index contributed by atoms with van der Waals surface area (Å²) >= 11 is 0. The second-order valence-corrected chi connectivity index (χ2v) is 10.3. The van der Waals surface area contributed by atoms with Crippen molar-refractivity contribution in [3.8, 4) is 22.6 Å². The van der Waals surface area contributed by atoms with Crippen molar-refractivity contribution in [1.82, 2.24) is 0 Å². The van der Waals surface area contributed by atoms with Crippen molar-refractivity contribution in [3.05, 3.63) is 82.2 Å². The third kappa shape index (κ3) is 4.40. The van der Waals surface area contributed by atoms with Crippen LogP contribution in [0, 0.1) is 26.6 Å². The number of phenols is 1. The van der Waals surface area contributed by atoms with Gasteiger partial charge in [0.25, 0.3) is 0 Å². The summed E-state index contributed by atoms with van der Waals surface area (Å²) in [4.78, 5) is 12.5. The van der Waals surface area contributed by atoms with E-state index in [1.54, 1.807) is 19.1 Å². The standard InChI is InChI=1S/C30H33FO4/c1-18-19(2)27-23(20(3)26(18)32)13-14-29(4,35-27)15-16-30(5,28(33)34)22-11-12-24(25(31)17-22)21-9-7-6-8-10-21/h6-12,17,32H,13-16H2,1-5H3,(H,33,34). The van der Waals surface area contributed by atoms with Gasteiger partial charge >= 0.3 is 5.97 Å². The minimum atomic E-state index is -1.27. The fraction of sp³-hybridized carbons (Fsp3) is 0.367. The zero-order valence-electron chi connectivity index (χ0n) is 21.0. The molecule has 0 saturated carbocycles. The van der Waals surface area contributed by atoms with Crippen LogP contribution in [0.15, 0.2) is 48.5 Å². The van der Waals surface area contributed by atoms with E-state index in [1.165, 1.54) is 6.07 Å². The summed E-state index contributed by atoms with van der Waals surface area (Å²) < 4.78 is 21.6. The van der Waals surface area contributed by atoms with E-state index in [0.717, 1.165) is 40.0 Å². The molecule has 2 atom stereocenters. The molecule has 0 saturated heterocycles. The average molecular weight is 477 g/mol. The Labute approximate surface area is 206 Å². The molecule has 1 aliphatic heterocycles. The van der Waals surface area contributed by atoms with Gasteiger partial charge in [-0.25, -0.2) is 4.39 Å². The number of hydrogen-bond acceptors (Lipinski definition) is 3. The Bertz CT molecular complexity index is 1280. The minimum absolute atomic E-state index is 0.299. The lowest BCUT2D eigenvalue weighted by atomic mass is 9.74. The largest absolute Gasteiger partial charge is 0.507 e. The molecule has 1 heterocycles. The number of carbonyl (C=O) groups is 1. The van der Waals surface area contributed by atoms with Crippen molar-refractivity contribution in [2.24, 2.45) is 0 Å². The predicted octanol–water partition coefficient (Wildman–Crippen LogP) is 7.03. The molecule has 4 nitrogen and oxygen atoms in total. The second kappa shape index (κ2) is 9.03. The molecule has 5 heteroatoms. The molecular weight excluding hydrogens is 443 g/mol. The molecule has 2 N–H and O–H groups in total. The van der Waals surface area contributed by atoms with E-state index in [9.17, 15) is 15.0 Å². The van der Waals surface area contributed by atoms with E-state index < -0.39 is 22.8 Å². The van der Waals surface area contributed by atoms with Gasteiger partial charge in [-0.2, -0.15) is 0 Å². The molecule has 0 radical (unpaired) electrons. The predicted molar refractivity (Wildman–Crippen MR) is 136 cm³/mol. The van der Waals surface area contributed by atoms with Gasteiger partial charge in [-0.15, -0.1) is 0 Å². The summed E-state index contributed by atoms with van der Waals surface area (Å²) in [6.45, 7) is 9.39. The van der Waals surface area contributed by atoms with Crippen molar-refractivity contribution in [3.63, 3.8) is 0 Å². The maximum absolute atomic E-state index is 15.1. The number of aromatic hydroxyl groups is 1. The number of aliphatic carboxylic acids is 1. The van der Waals surface area contributed by atoms with Gasteiger partial charge in [0.05, 0.1) is 5.41 Å². The SMILES string of the molecule is Cc1c(C)c2c(c(C)c1O)CCC(C)(CCC(C)(C(=O)O)c1ccc(-c3ccccc3)c(F)c1)O2. The van der Waals surface area contributed by atoms with Gasteiger partial charge in [-0.05, 0) is 94.2 Å². The van der Waals surface area contributed by atoms with Gasteiger partial charge in [-0.1, -0.05) is 42.5 Å². The fourth-order valence-electron chi connectivity index (χ4n) is 5.07. The Balaban J connectivity index is 1.60. The first-order valence-electron chi connectivity index (χ1n) is 12.1. The van der Waals surface area contributed by atoms with E-state index in [2.05, 4.69) is 0 Å². The van der Waals surface area contributed by atoms with Crippen LogP contribution in [0.4, 0.5) is 4.39 Å². The van der Waals surface area contributed by atoms with Crippen LogP contribution < -0.4 is 4.74 Å². The molecular formula is C30H33FO4. The summed E-state index contributed by atoms with van der Waals surface area (Å²) in [7, 11) is 0. The monoisotopic (exact) mass is 476 g/mol. The summed E-state index contributed by atoms with van der Waals surface area (Å²) in [5, 5.41) is 20.6. The maximum Gasteiger partial charge on any atom is 0.313 e. The molecule has 0 bridgehead atoms. The normalized spacial score (nSPS) is 18.9. The van der Waals surface area contributed by atoms with Gasteiger partial charge < -0.3 is 14.9 Å². The number of ether oxygens (including phenoxy) is 1. The first-order valence-corrected chi connectivity index (χ1v) is 12.1. The Morgan fingerprint density at radius 1 is 1.09 bits per heavy atom. The topological polar surface area (TPSA) is 66.8 Å². The molecule has 3 aromatic rings. The second-order valence-electron chi connectivity index (χ2n) is 10.3. The van der Waals surface area contributed by atoms with Crippen molar-refractivity contribution < 1.29 is 24.1 Å². The number of carboxylic acid groups (broad SMARTS) is 1. The fourth-order valence-corrected chi connectivity index (χ4v) is 5.07. The highest BCUT2D eigenvalue weighted by Crippen LogP contribution is 2.45. The summed E-state index contributed by atoms with van der Waals surface area (Å²) in [6, 6.07) is 14.0. The number of rotatable bonds is 6. The molecule has 35 heavy (non-hydrogen) atoms. The number of halogens is 1. The van der Waals surface area contributed by atoms with Crippen LogP contribution in [0.1, 0.15) is 60.9 Å². The lowest BCUT2D eigenvalue weighted by Gasteiger charge is -2.39. The zero-order chi connectivity index (χ0) is 25.5. The summed E-state index contributed by atoms with van der Waals surface area (Å²) in [5.74, 6) is -0.316. The highest BCUT2D eigenvalue weighted by Gasteiger charge is 2.41. The highest BCUT2D eigenvalue weighted by molar-refractivity contribution is 5.81. The van der Waals surface area contributed by atoms with Crippen molar-refractivity contribution in [2.45, 2.75) is 71.3 Å². The van der Waals surface area contributed by atoms with Gasteiger partial charge in [0, 0.05) is 11.1 Å². The van der Waals surface area contributed by atoms with Gasteiger partial charge in [0.1, 0.15) is 22.9 Å². The highest BCUT2D eigenvalue weighted by atomic mass is 19.1. The van der Waals surface area contributed by atoms with Crippen LogP contribution in [-0.2, 0) is 16.6 Å². The molecule has 0 aromatic heterocycles. The van der Waals surface area contributed by atoms with Crippen molar-refractivity contribution in [2.75, 3.05) is 0 Å². The Hall–Kier alpha value is -3.34. The molecule has 1 aliphatic rings. The number of benzene rings is 3. The van der Waals surface area contributed by atoms with E-state index >= 15 is 4.39 Å². The van der Waals surface area contributed by atoms with E-state index in [4.69, 9.17) is 4.74 Å². The zero-order valence-corrected chi connectivity index (χ0v) is 21.0. The lowest BCUT2D eigenvalue weighted by molar-refractivity contribution is -0.143. The summed E-state index contributed by atoms with van der Waals surface area (Å²) in [5.41, 5.74) is 3.38. The van der Waals surface area contributed by atoms with Crippen molar-refractivity contribution in [1.29, 1.82) is 0 Å².